The molecule has 0 aliphatic rings. The summed E-state index contributed by atoms with van der Waals surface area (Å²) in [6, 6.07) is 2.25. The maximum absolute atomic E-state index is 10.9. The van der Waals surface area contributed by atoms with E-state index in [4.69, 9.17) is 5.26 Å². The average Bonchev–Trinajstić information content (AvgIpc) is 2.13. The number of hydrogen-bond acceptors (Lipinski definition) is 3. The maximum Gasteiger partial charge on any atom is 0.305 e. The first-order chi connectivity index (χ1) is 5.96. The minimum Gasteiger partial charge on any atom is -0.469 e. The van der Waals surface area contributed by atoms with Crippen LogP contribution in [0.2, 0.25) is 0 Å². The molecule has 0 aliphatic heterocycles. The third-order valence-electron chi connectivity index (χ3n) is 2.61. The zero-order chi connectivity index (χ0) is 10.5. The Hall–Kier alpha value is -1.04. The summed E-state index contributed by atoms with van der Waals surface area (Å²) in [4.78, 5) is 10.9. The average molecular weight is 183 g/mol. The summed E-state index contributed by atoms with van der Waals surface area (Å²) in [5.74, 6) is 0.00396. The van der Waals surface area contributed by atoms with Crippen LogP contribution in [0.3, 0.4) is 0 Å². The molecule has 0 bridgehead atoms. The summed E-state index contributed by atoms with van der Waals surface area (Å²) >= 11 is 0. The fourth-order valence-electron chi connectivity index (χ4n) is 0.937. The van der Waals surface area contributed by atoms with Gasteiger partial charge in [-0.1, -0.05) is 13.8 Å². The van der Waals surface area contributed by atoms with Gasteiger partial charge in [0.2, 0.25) is 0 Å². The summed E-state index contributed by atoms with van der Waals surface area (Å²) in [6.45, 7) is 5.85. The monoisotopic (exact) mass is 183 g/mol. The largest absolute Gasteiger partial charge is 0.469 e. The molecule has 13 heavy (non-hydrogen) atoms. The minimum absolute atomic E-state index is 0.248. The topological polar surface area (TPSA) is 50.1 Å². The molecule has 0 radical (unpaired) electrons. The fourth-order valence-corrected chi connectivity index (χ4v) is 0.937. The smallest absolute Gasteiger partial charge is 0.305 e. The first kappa shape index (κ1) is 12.0. The molecule has 1 unspecified atom stereocenters. The van der Waals surface area contributed by atoms with Crippen molar-refractivity contribution < 1.29 is 9.53 Å². The Bertz CT molecular complexity index is 217. The van der Waals surface area contributed by atoms with Gasteiger partial charge in [0, 0.05) is 6.42 Å². The number of carbonyl (C=O) groups is 1. The minimum atomic E-state index is -0.422. The molecule has 0 aromatic heterocycles. The van der Waals surface area contributed by atoms with Crippen molar-refractivity contribution in [2.45, 2.75) is 33.6 Å². The lowest BCUT2D eigenvalue weighted by Crippen LogP contribution is -2.22. The summed E-state index contributed by atoms with van der Waals surface area (Å²) in [6.07, 6.45) is 0.882. The van der Waals surface area contributed by atoms with Crippen molar-refractivity contribution in [2.24, 2.45) is 11.3 Å². The van der Waals surface area contributed by atoms with Crippen LogP contribution in [0.4, 0.5) is 0 Å². The Kier molecular flexibility index (Phi) is 4.47. The lowest BCUT2D eigenvalue weighted by Gasteiger charge is -2.25. The van der Waals surface area contributed by atoms with E-state index < -0.39 is 5.41 Å². The summed E-state index contributed by atoms with van der Waals surface area (Å²) in [5, 5.41) is 8.94. The van der Waals surface area contributed by atoms with E-state index in [9.17, 15) is 4.79 Å². The third-order valence-corrected chi connectivity index (χ3v) is 2.61. The summed E-state index contributed by atoms with van der Waals surface area (Å²) in [5.41, 5.74) is -0.422. The van der Waals surface area contributed by atoms with E-state index in [1.807, 2.05) is 20.8 Å². The van der Waals surface area contributed by atoms with Crippen molar-refractivity contribution in [3.05, 3.63) is 0 Å². The highest BCUT2D eigenvalue weighted by molar-refractivity contribution is 5.69. The van der Waals surface area contributed by atoms with Gasteiger partial charge in [0.05, 0.1) is 18.6 Å². The molecule has 1 atom stereocenters. The van der Waals surface area contributed by atoms with Crippen LogP contribution < -0.4 is 0 Å². The van der Waals surface area contributed by atoms with Crippen LogP contribution in [-0.2, 0) is 9.53 Å². The summed E-state index contributed by atoms with van der Waals surface area (Å²) < 4.78 is 4.52. The van der Waals surface area contributed by atoms with E-state index in [1.165, 1.54) is 7.11 Å². The van der Waals surface area contributed by atoms with E-state index in [0.29, 0.717) is 12.8 Å². The standard InChI is InChI=1S/C10H17NO2/c1-8(2)10(3,7-11)6-5-9(12)13-4/h8H,5-6H2,1-4H3. The molecule has 0 amide bonds. The van der Waals surface area contributed by atoms with E-state index >= 15 is 0 Å². The van der Waals surface area contributed by atoms with Crippen molar-refractivity contribution in [1.82, 2.24) is 0 Å². The molecule has 0 saturated heterocycles. The normalized spacial score (nSPS) is 14.8. The van der Waals surface area contributed by atoms with Crippen LogP contribution in [0.15, 0.2) is 0 Å². The number of nitrogens with zero attached hydrogens (tertiary/aromatic N) is 1. The highest BCUT2D eigenvalue weighted by atomic mass is 16.5. The molecule has 0 N–H and O–H groups in total. The Labute approximate surface area is 79.7 Å². The second-order valence-electron chi connectivity index (χ2n) is 3.76. The van der Waals surface area contributed by atoms with Crippen molar-refractivity contribution in [3.8, 4) is 6.07 Å². The van der Waals surface area contributed by atoms with Crippen LogP contribution in [0, 0.1) is 22.7 Å². The number of ether oxygens (including phenoxy) is 1. The zero-order valence-corrected chi connectivity index (χ0v) is 8.76. The lowest BCUT2D eigenvalue weighted by atomic mass is 9.77. The van der Waals surface area contributed by atoms with Gasteiger partial charge in [-0.2, -0.15) is 5.26 Å². The highest BCUT2D eigenvalue weighted by Gasteiger charge is 2.28. The molecule has 0 spiro atoms. The van der Waals surface area contributed by atoms with Gasteiger partial charge in [-0.25, -0.2) is 0 Å². The van der Waals surface area contributed by atoms with Gasteiger partial charge in [-0.15, -0.1) is 0 Å². The van der Waals surface area contributed by atoms with Gasteiger partial charge in [0.1, 0.15) is 0 Å². The van der Waals surface area contributed by atoms with Gasteiger partial charge >= 0.3 is 5.97 Å². The number of carbonyl (C=O) groups excluding carboxylic acids is 1. The van der Waals surface area contributed by atoms with E-state index in [2.05, 4.69) is 10.8 Å². The zero-order valence-electron chi connectivity index (χ0n) is 8.76. The van der Waals surface area contributed by atoms with Gasteiger partial charge < -0.3 is 4.74 Å². The van der Waals surface area contributed by atoms with Crippen molar-refractivity contribution >= 4 is 5.97 Å². The van der Waals surface area contributed by atoms with Crippen LogP contribution >= 0.6 is 0 Å². The highest BCUT2D eigenvalue weighted by Crippen LogP contribution is 2.31. The number of methoxy groups -OCH3 is 1. The summed E-state index contributed by atoms with van der Waals surface area (Å²) in [7, 11) is 1.36. The SMILES string of the molecule is COC(=O)CCC(C)(C#N)C(C)C. The number of esters is 1. The van der Waals surface area contributed by atoms with E-state index in [0.717, 1.165) is 0 Å². The molecule has 0 saturated carbocycles. The fraction of sp³-hybridized carbons (Fsp3) is 0.800. The van der Waals surface area contributed by atoms with Crippen LogP contribution in [0.1, 0.15) is 33.6 Å². The predicted molar refractivity (Wildman–Crippen MR) is 49.8 cm³/mol. The Morgan fingerprint density at radius 3 is 2.46 bits per heavy atom. The van der Waals surface area contributed by atoms with Gasteiger partial charge in [0.25, 0.3) is 0 Å². The molecule has 0 heterocycles. The molecule has 0 aliphatic carbocycles. The molecule has 0 fully saturated rings. The van der Waals surface area contributed by atoms with Gasteiger partial charge in [0.15, 0.2) is 0 Å². The molecule has 0 aromatic carbocycles. The number of nitriles is 1. The first-order valence-electron chi connectivity index (χ1n) is 4.44. The van der Waals surface area contributed by atoms with Gasteiger partial charge in [-0.05, 0) is 19.3 Å². The Balaban J connectivity index is 4.16. The quantitative estimate of drug-likeness (QED) is 0.627. The predicted octanol–water partition coefficient (Wildman–Crippen LogP) is 2.13. The van der Waals surface area contributed by atoms with E-state index in [-0.39, 0.29) is 11.9 Å². The Morgan fingerprint density at radius 2 is 2.15 bits per heavy atom. The molecule has 74 valence electrons. The first-order valence-corrected chi connectivity index (χ1v) is 4.44. The number of rotatable bonds is 4. The van der Waals surface area contributed by atoms with Crippen LogP contribution in [0.25, 0.3) is 0 Å². The third kappa shape index (κ3) is 3.45. The van der Waals surface area contributed by atoms with Crippen LogP contribution in [0.5, 0.6) is 0 Å². The lowest BCUT2D eigenvalue weighted by molar-refractivity contribution is -0.141. The Morgan fingerprint density at radius 1 is 1.62 bits per heavy atom. The van der Waals surface area contributed by atoms with E-state index in [1.54, 1.807) is 0 Å². The maximum atomic E-state index is 10.9. The van der Waals surface area contributed by atoms with Crippen molar-refractivity contribution in [2.75, 3.05) is 7.11 Å². The van der Waals surface area contributed by atoms with Gasteiger partial charge in [-0.3, -0.25) is 4.79 Å². The van der Waals surface area contributed by atoms with Crippen LogP contribution in [-0.4, -0.2) is 13.1 Å². The van der Waals surface area contributed by atoms with Crippen molar-refractivity contribution in [3.63, 3.8) is 0 Å². The second-order valence-corrected chi connectivity index (χ2v) is 3.76. The molecule has 3 nitrogen and oxygen atoms in total. The van der Waals surface area contributed by atoms with Crippen molar-refractivity contribution in [1.29, 1.82) is 5.26 Å². The second kappa shape index (κ2) is 4.86. The molecule has 3 heteroatoms. The molecule has 0 aromatic rings. The molecular weight excluding hydrogens is 166 g/mol. The molecular formula is C10H17NO2. The molecule has 0 rings (SSSR count). The number of hydrogen-bond donors (Lipinski definition) is 0.